The molecule has 0 saturated carbocycles. The molecule has 0 bridgehead atoms. The number of likely N-dealkylation sites (N-methyl/N-ethyl adjacent to an activating group) is 1. The first-order chi connectivity index (χ1) is 9.58. The Kier molecular flexibility index (Phi) is 6.60. The van der Waals surface area contributed by atoms with Crippen LogP contribution in [0, 0.1) is 11.3 Å². The number of benzene rings is 1. The monoisotopic (exact) mass is 292 g/mol. The summed E-state index contributed by atoms with van der Waals surface area (Å²) in [5.74, 6) is -0.853. The summed E-state index contributed by atoms with van der Waals surface area (Å²) in [6.45, 7) is 0.0142. The fourth-order valence-corrected chi connectivity index (χ4v) is 1.80. The van der Waals surface area contributed by atoms with Gasteiger partial charge in [-0.3, -0.25) is 4.79 Å². The number of nitriles is 1. The molecular weight excluding hydrogens is 276 g/mol. The highest BCUT2D eigenvalue weighted by atomic mass is 32.2. The molecule has 20 heavy (non-hydrogen) atoms. The smallest absolute Gasteiger partial charge is 0.338 e. The molecule has 0 saturated heterocycles. The molecule has 0 aliphatic heterocycles. The van der Waals surface area contributed by atoms with Crippen molar-refractivity contribution in [3.05, 3.63) is 29.8 Å². The van der Waals surface area contributed by atoms with Crippen LogP contribution in [0.2, 0.25) is 0 Å². The number of carbonyl (C=O) groups is 2. The number of hydrogen-bond acceptors (Lipinski definition) is 5. The van der Waals surface area contributed by atoms with Crippen LogP contribution in [0.1, 0.15) is 16.8 Å². The number of hydrogen-bond donors (Lipinski definition) is 0. The first kappa shape index (κ1) is 16.1. The number of carbonyl (C=O) groups excluding carboxylic acids is 2. The maximum atomic E-state index is 11.7. The van der Waals surface area contributed by atoms with E-state index < -0.39 is 5.97 Å². The van der Waals surface area contributed by atoms with E-state index in [-0.39, 0.29) is 18.9 Å². The van der Waals surface area contributed by atoms with Gasteiger partial charge in [-0.15, -0.1) is 11.8 Å². The molecule has 1 aromatic carbocycles. The van der Waals surface area contributed by atoms with Gasteiger partial charge in [-0.1, -0.05) is 0 Å². The minimum Gasteiger partial charge on any atom is -0.452 e. The van der Waals surface area contributed by atoms with Crippen LogP contribution >= 0.6 is 11.8 Å². The molecule has 5 nitrogen and oxygen atoms in total. The lowest BCUT2D eigenvalue weighted by Crippen LogP contribution is -2.31. The van der Waals surface area contributed by atoms with Gasteiger partial charge in [0.2, 0.25) is 0 Å². The minimum atomic E-state index is -0.528. The summed E-state index contributed by atoms with van der Waals surface area (Å²) < 4.78 is 4.94. The lowest BCUT2D eigenvalue weighted by Gasteiger charge is -2.15. The van der Waals surface area contributed by atoms with Gasteiger partial charge in [0.15, 0.2) is 6.61 Å². The van der Waals surface area contributed by atoms with Gasteiger partial charge in [-0.25, -0.2) is 4.79 Å². The number of ether oxygens (including phenoxy) is 1. The number of nitrogens with zero attached hydrogens (tertiary/aromatic N) is 2. The van der Waals surface area contributed by atoms with Gasteiger partial charge in [0.25, 0.3) is 5.91 Å². The molecule has 0 aliphatic carbocycles. The lowest BCUT2D eigenvalue weighted by atomic mass is 10.2. The zero-order valence-electron chi connectivity index (χ0n) is 11.5. The summed E-state index contributed by atoms with van der Waals surface area (Å²) >= 11 is 1.58. The molecule has 0 atom stereocenters. The Balaban J connectivity index is 2.46. The van der Waals surface area contributed by atoms with Crippen molar-refractivity contribution in [1.29, 1.82) is 5.26 Å². The molecule has 0 radical (unpaired) electrons. The highest BCUT2D eigenvalue weighted by Gasteiger charge is 2.13. The molecule has 106 valence electrons. The van der Waals surface area contributed by atoms with Crippen LogP contribution in [-0.4, -0.2) is 43.2 Å². The molecule has 1 aromatic rings. The van der Waals surface area contributed by atoms with E-state index >= 15 is 0 Å². The van der Waals surface area contributed by atoms with E-state index in [9.17, 15) is 9.59 Å². The molecule has 0 heterocycles. The molecule has 0 fully saturated rings. The minimum absolute atomic E-state index is 0.256. The molecular formula is C14H16N2O3S. The largest absolute Gasteiger partial charge is 0.452 e. The summed E-state index contributed by atoms with van der Waals surface area (Å²) in [6, 6.07) is 8.92. The summed E-state index contributed by atoms with van der Waals surface area (Å²) in [5, 5.41) is 8.43. The average Bonchev–Trinajstić information content (AvgIpc) is 2.49. The van der Waals surface area contributed by atoms with Crippen LogP contribution in [0.15, 0.2) is 29.2 Å². The predicted octanol–water partition coefficient (Wildman–Crippen LogP) is 1.94. The van der Waals surface area contributed by atoms with Crippen LogP contribution in [-0.2, 0) is 9.53 Å². The van der Waals surface area contributed by atoms with Crippen LogP contribution in [0.3, 0.4) is 0 Å². The number of thioether (sulfide) groups is 1. The second-order valence-corrected chi connectivity index (χ2v) is 4.91. The fraction of sp³-hybridized carbons (Fsp3) is 0.357. The van der Waals surface area contributed by atoms with Crippen molar-refractivity contribution in [3.8, 4) is 6.07 Å². The van der Waals surface area contributed by atoms with E-state index in [1.54, 1.807) is 30.9 Å². The van der Waals surface area contributed by atoms with Gasteiger partial charge in [0.05, 0.1) is 18.1 Å². The van der Waals surface area contributed by atoms with Gasteiger partial charge in [0.1, 0.15) is 0 Å². The molecule has 0 N–H and O–H groups in total. The molecule has 0 aromatic heterocycles. The van der Waals surface area contributed by atoms with Gasteiger partial charge in [0, 0.05) is 18.5 Å². The van der Waals surface area contributed by atoms with Crippen molar-refractivity contribution >= 4 is 23.6 Å². The summed E-state index contributed by atoms with van der Waals surface area (Å²) in [6.07, 6.45) is 2.20. The van der Waals surface area contributed by atoms with Crippen molar-refractivity contribution in [2.45, 2.75) is 11.3 Å². The average molecular weight is 292 g/mol. The topological polar surface area (TPSA) is 70.4 Å². The van der Waals surface area contributed by atoms with Gasteiger partial charge < -0.3 is 9.64 Å². The maximum Gasteiger partial charge on any atom is 0.338 e. The van der Waals surface area contributed by atoms with E-state index in [1.807, 2.05) is 24.5 Å². The first-order valence-corrected chi connectivity index (χ1v) is 7.23. The Hall–Kier alpha value is -2.00. The Morgan fingerprint density at radius 2 is 2.00 bits per heavy atom. The third kappa shape index (κ3) is 4.94. The van der Waals surface area contributed by atoms with Crippen LogP contribution in [0.5, 0.6) is 0 Å². The van der Waals surface area contributed by atoms with Crippen LogP contribution < -0.4 is 0 Å². The highest BCUT2D eigenvalue weighted by Crippen LogP contribution is 2.15. The fourth-order valence-electron chi connectivity index (χ4n) is 1.39. The Labute approximate surface area is 122 Å². The van der Waals surface area contributed by atoms with E-state index in [0.717, 1.165) is 4.90 Å². The van der Waals surface area contributed by atoms with Crippen molar-refractivity contribution < 1.29 is 14.3 Å². The summed E-state index contributed by atoms with van der Waals surface area (Å²) in [5.41, 5.74) is 0.412. The van der Waals surface area contributed by atoms with E-state index in [4.69, 9.17) is 10.00 Å². The quantitative estimate of drug-likeness (QED) is 0.592. The summed E-state index contributed by atoms with van der Waals surface area (Å²) in [4.78, 5) is 25.8. The highest BCUT2D eigenvalue weighted by molar-refractivity contribution is 7.98. The second kappa shape index (κ2) is 8.23. The predicted molar refractivity (Wildman–Crippen MR) is 76.4 cm³/mol. The van der Waals surface area contributed by atoms with Crippen LogP contribution in [0.25, 0.3) is 0 Å². The van der Waals surface area contributed by atoms with Gasteiger partial charge in [-0.2, -0.15) is 5.26 Å². The Bertz CT molecular complexity index is 508. The van der Waals surface area contributed by atoms with E-state index in [2.05, 4.69) is 0 Å². The first-order valence-electron chi connectivity index (χ1n) is 6.00. The zero-order valence-corrected chi connectivity index (χ0v) is 12.3. The third-order valence-electron chi connectivity index (χ3n) is 2.64. The zero-order chi connectivity index (χ0) is 15.0. The van der Waals surface area contributed by atoms with Crippen molar-refractivity contribution in [3.63, 3.8) is 0 Å². The molecule has 1 rings (SSSR count). The lowest BCUT2D eigenvalue weighted by molar-refractivity contribution is -0.133. The maximum absolute atomic E-state index is 11.7. The van der Waals surface area contributed by atoms with Crippen LogP contribution in [0.4, 0.5) is 0 Å². The van der Waals surface area contributed by atoms with Crippen molar-refractivity contribution in [2.75, 3.05) is 26.5 Å². The SMILES string of the molecule is CSc1ccc(C(=O)OCC(=O)N(C)CCC#N)cc1. The van der Waals surface area contributed by atoms with Gasteiger partial charge in [-0.05, 0) is 30.5 Å². The van der Waals surface area contributed by atoms with Gasteiger partial charge >= 0.3 is 5.97 Å². The van der Waals surface area contributed by atoms with Crippen molar-refractivity contribution in [1.82, 2.24) is 4.90 Å². The van der Waals surface area contributed by atoms with E-state index in [1.165, 1.54) is 4.90 Å². The number of rotatable bonds is 6. The van der Waals surface area contributed by atoms with Crippen molar-refractivity contribution in [2.24, 2.45) is 0 Å². The normalized spacial score (nSPS) is 9.65. The number of amides is 1. The number of esters is 1. The molecule has 6 heteroatoms. The second-order valence-electron chi connectivity index (χ2n) is 4.03. The van der Waals surface area contributed by atoms with E-state index in [0.29, 0.717) is 12.1 Å². The summed E-state index contributed by atoms with van der Waals surface area (Å²) in [7, 11) is 1.57. The molecule has 0 aliphatic rings. The Morgan fingerprint density at radius 1 is 1.35 bits per heavy atom. The molecule has 1 amide bonds. The third-order valence-corrected chi connectivity index (χ3v) is 3.38. The molecule has 0 spiro atoms. The Morgan fingerprint density at radius 3 is 2.55 bits per heavy atom. The standard InChI is InChI=1S/C14H16N2O3S/c1-16(9-3-8-15)13(17)10-19-14(18)11-4-6-12(20-2)7-5-11/h4-7H,3,9-10H2,1-2H3. The molecule has 0 unspecified atom stereocenters.